The van der Waals surface area contributed by atoms with Gasteiger partial charge in [-0.25, -0.2) is 31.1 Å². The van der Waals surface area contributed by atoms with Crippen molar-refractivity contribution in [3.63, 3.8) is 0 Å². The van der Waals surface area contributed by atoms with E-state index in [0.717, 1.165) is 90.5 Å². The van der Waals surface area contributed by atoms with Crippen LogP contribution in [0.3, 0.4) is 0 Å². The fourth-order valence-electron chi connectivity index (χ4n) is 9.49. The summed E-state index contributed by atoms with van der Waals surface area (Å²) in [6.45, 7) is 20.1. The molecule has 0 saturated heterocycles. The highest BCUT2D eigenvalue weighted by Crippen LogP contribution is 2.44. The number of para-hydroxylation sites is 1. The third kappa shape index (κ3) is 11.5. The van der Waals surface area contributed by atoms with Gasteiger partial charge in [-0.05, 0) is 190 Å². The lowest BCUT2D eigenvalue weighted by Crippen LogP contribution is -2.38. The highest BCUT2D eigenvalue weighted by molar-refractivity contribution is 7.90. The Balaban J connectivity index is 0.949. The van der Waals surface area contributed by atoms with Crippen LogP contribution in [0.15, 0.2) is 38.0 Å². The Morgan fingerprint density at radius 2 is 1.18 bits per heavy atom. The van der Waals surface area contributed by atoms with E-state index in [2.05, 4.69) is 24.4 Å². The minimum absolute atomic E-state index is 0.132. The number of H-pyrrole nitrogens is 1. The second-order valence-corrected chi connectivity index (χ2v) is 22.8. The van der Waals surface area contributed by atoms with E-state index in [9.17, 15) is 26.7 Å². The molecule has 68 heavy (non-hydrogen) atoms. The number of rotatable bonds is 19. The van der Waals surface area contributed by atoms with E-state index in [1.54, 1.807) is 13.8 Å². The smallest absolute Gasteiger partial charge is 0.352 e. The van der Waals surface area contributed by atoms with E-state index in [1.165, 1.54) is 0 Å². The Hall–Kier alpha value is -5.49. The number of aromatic carboxylic acids is 1. The molecule has 8 N–H and O–H groups in total. The Kier molecular flexibility index (Phi) is 15.7. The number of aryl methyl sites for hydroxylation is 1. The summed E-state index contributed by atoms with van der Waals surface area (Å²) in [5.41, 5.74) is 19.0. The molecular formula is C50H71N7O9S2. The molecule has 0 spiro atoms. The van der Waals surface area contributed by atoms with Crippen molar-refractivity contribution < 1.29 is 40.9 Å². The minimum atomic E-state index is -3.99. The molecule has 6 rings (SSSR count). The van der Waals surface area contributed by atoms with Crippen LogP contribution < -0.4 is 35.1 Å². The molecule has 16 nitrogen and oxygen atoms in total. The van der Waals surface area contributed by atoms with Crippen LogP contribution in [0.4, 0.5) is 0 Å². The largest absolute Gasteiger partial charge is 0.491 e. The lowest BCUT2D eigenvalue weighted by molar-refractivity contribution is 0.0689. The van der Waals surface area contributed by atoms with Crippen molar-refractivity contribution >= 4 is 48.8 Å². The van der Waals surface area contributed by atoms with Crippen LogP contribution in [-0.4, -0.2) is 75.7 Å². The van der Waals surface area contributed by atoms with Crippen LogP contribution in [0, 0.1) is 41.5 Å². The van der Waals surface area contributed by atoms with E-state index < -0.39 is 26.0 Å². The third-order valence-electron chi connectivity index (χ3n) is 13.4. The summed E-state index contributed by atoms with van der Waals surface area (Å²) < 4.78 is 77.9. The van der Waals surface area contributed by atoms with Crippen LogP contribution in [0.5, 0.6) is 17.2 Å². The molecule has 0 saturated carbocycles. The normalized spacial score (nSPS) is 15.9. The molecule has 18 heteroatoms. The molecule has 3 aromatic carbocycles. The summed E-state index contributed by atoms with van der Waals surface area (Å²) in [6.07, 6.45) is 8.62. The number of nitrogens with zero attached hydrogens (tertiary/aromatic N) is 2. The second kappa shape index (κ2) is 20.6. The number of benzene rings is 3. The van der Waals surface area contributed by atoms with E-state index in [1.807, 2.05) is 73.6 Å². The first-order valence-corrected chi connectivity index (χ1v) is 26.6. The van der Waals surface area contributed by atoms with Crippen LogP contribution in [-0.2, 0) is 39.3 Å². The molecule has 0 radical (unpaired) electrons. The number of nitrogens with two attached hydrogens (primary N) is 2. The first-order chi connectivity index (χ1) is 31.9. The summed E-state index contributed by atoms with van der Waals surface area (Å²) in [6, 6.07) is 5.55. The predicted octanol–water partition coefficient (Wildman–Crippen LogP) is 8.16. The van der Waals surface area contributed by atoms with Crippen molar-refractivity contribution in [2.45, 2.75) is 167 Å². The fourth-order valence-corrected chi connectivity index (χ4v) is 12.5. The van der Waals surface area contributed by atoms with Crippen molar-refractivity contribution in [2.75, 3.05) is 19.7 Å². The number of carboxylic acid groups (broad SMARTS) is 1. The number of ether oxygens (including phenoxy) is 3. The number of hydrogen-bond donors (Lipinski definition) is 6. The van der Waals surface area contributed by atoms with Crippen LogP contribution in [0.1, 0.15) is 146 Å². The number of guanidine groups is 2. The summed E-state index contributed by atoms with van der Waals surface area (Å²) >= 11 is 0. The third-order valence-corrected chi connectivity index (χ3v) is 16.7. The van der Waals surface area contributed by atoms with Gasteiger partial charge >= 0.3 is 5.97 Å². The minimum Gasteiger partial charge on any atom is -0.491 e. The molecule has 0 atom stereocenters. The van der Waals surface area contributed by atoms with Gasteiger partial charge in [0.2, 0.25) is 11.9 Å². The molecular weight excluding hydrogens is 907 g/mol. The zero-order valence-corrected chi connectivity index (χ0v) is 43.1. The van der Waals surface area contributed by atoms with Crippen molar-refractivity contribution in [3.8, 4) is 17.2 Å². The first kappa shape index (κ1) is 51.9. The molecule has 0 bridgehead atoms. The Labute approximate surface area is 402 Å². The van der Waals surface area contributed by atoms with Gasteiger partial charge < -0.3 is 35.8 Å². The molecule has 3 heterocycles. The number of unbranched alkanes of at least 4 members (excludes halogenated alkanes) is 5. The first-order valence-electron chi connectivity index (χ1n) is 23.6. The van der Waals surface area contributed by atoms with Crippen molar-refractivity contribution in [3.05, 3.63) is 74.0 Å². The van der Waals surface area contributed by atoms with Gasteiger partial charge in [-0.15, -0.1) is 0 Å². The predicted molar refractivity (Wildman–Crippen MR) is 268 cm³/mol. The number of hydrogen-bond acceptors (Lipinski definition) is 10. The Morgan fingerprint density at radius 3 is 1.66 bits per heavy atom. The van der Waals surface area contributed by atoms with Gasteiger partial charge in [0.25, 0.3) is 20.0 Å². The van der Waals surface area contributed by atoms with Crippen molar-refractivity contribution in [1.29, 1.82) is 0 Å². The maximum Gasteiger partial charge on any atom is 0.352 e. The van der Waals surface area contributed by atoms with Gasteiger partial charge in [0.1, 0.15) is 34.1 Å². The summed E-state index contributed by atoms with van der Waals surface area (Å²) in [5.74, 6) is 0.702. The molecule has 0 aliphatic carbocycles. The molecule has 0 fully saturated rings. The van der Waals surface area contributed by atoms with Gasteiger partial charge in [-0.3, -0.25) is 9.98 Å². The van der Waals surface area contributed by atoms with E-state index >= 15 is 0 Å². The quantitative estimate of drug-likeness (QED) is 0.0297. The van der Waals surface area contributed by atoms with Gasteiger partial charge in [0.15, 0.2) is 0 Å². The highest BCUT2D eigenvalue weighted by atomic mass is 32.2. The van der Waals surface area contributed by atoms with Gasteiger partial charge in [0, 0.05) is 18.5 Å². The topological polar surface area (TPSA) is 250 Å². The number of sulfonamides is 2. The van der Waals surface area contributed by atoms with Crippen LogP contribution in [0.2, 0.25) is 0 Å². The molecule has 2 aliphatic rings. The standard InChI is InChI=1S/C50H71N7O9S2/c1-29-31(3)44(33(5)35-22-24-49(7,8)65-42(29)35)67(60,61)56-47(51)53-26-15-12-11-14-19-38-37-20-18-21-39(40(37)55-41(38)46(58)59)64-28-17-13-16-27-54-48(52)57-68(62,63)45-32(4)30(2)43-36(34(45)6)23-25-50(9,10)66-43/h18,20-21,55H,11-17,19,22-28H2,1-10H3,(H,58,59)(H3,51,53,56)(H3,52,54,57). The number of aromatic nitrogens is 1. The Morgan fingerprint density at radius 1 is 0.706 bits per heavy atom. The SMILES string of the molecule is Cc1c(C)c(S(=O)(=O)NC(N)=NCCCCCCc2c(C(=O)O)[nH]c3c(OCCCCCN=C(N)NS(=O)(=O)c4c(C)c(C)c5c(c4C)CCC(C)(C)O5)cccc23)c(C)c2c1OC(C)(C)CC2. The van der Waals surface area contributed by atoms with Gasteiger partial charge in [-0.1, -0.05) is 25.0 Å². The van der Waals surface area contributed by atoms with E-state index in [0.29, 0.717) is 84.5 Å². The zero-order valence-electron chi connectivity index (χ0n) is 41.4. The van der Waals surface area contributed by atoms with Crippen LogP contribution >= 0.6 is 0 Å². The molecule has 372 valence electrons. The lowest BCUT2D eigenvalue weighted by Gasteiger charge is -2.35. The maximum absolute atomic E-state index is 13.6. The monoisotopic (exact) mass is 977 g/mol. The summed E-state index contributed by atoms with van der Waals surface area (Å²) in [7, 11) is -7.99. The molecule has 0 amide bonds. The highest BCUT2D eigenvalue weighted by Gasteiger charge is 2.35. The van der Waals surface area contributed by atoms with E-state index in [4.69, 9.17) is 25.7 Å². The maximum atomic E-state index is 13.6. The number of aromatic amines is 1. The molecule has 1 aromatic heterocycles. The van der Waals surface area contributed by atoms with Gasteiger partial charge in [-0.2, -0.15) is 0 Å². The molecule has 4 aromatic rings. The number of fused-ring (bicyclic) bond motifs is 3. The van der Waals surface area contributed by atoms with Crippen LogP contribution in [0.25, 0.3) is 10.9 Å². The number of aliphatic imine (C=N–C) groups is 2. The van der Waals surface area contributed by atoms with E-state index in [-0.39, 0.29) is 38.6 Å². The number of nitrogens with one attached hydrogen (secondary N) is 3. The van der Waals surface area contributed by atoms with Crippen molar-refractivity contribution in [1.82, 2.24) is 14.4 Å². The number of carbonyl (C=O) groups is 1. The average molecular weight is 978 g/mol. The molecule has 2 aliphatic heterocycles. The Bertz CT molecular complexity index is 2860. The summed E-state index contributed by atoms with van der Waals surface area (Å²) in [4.78, 5) is 24.4. The molecule has 0 unspecified atom stereocenters. The zero-order chi connectivity index (χ0) is 49.9. The summed E-state index contributed by atoms with van der Waals surface area (Å²) in [5, 5.41) is 10.9. The fraction of sp³-hybridized carbons (Fsp3) is 0.540. The van der Waals surface area contributed by atoms with Crippen molar-refractivity contribution in [2.24, 2.45) is 21.5 Å². The number of carboxylic acids is 1. The lowest BCUT2D eigenvalue weighted by atomic mass is 9.88. The van der Waals surface area contributed by atoms with Gasteiger partial charge in [0.05, 0.1) is 21.9 Å². The second-order valence-electron chi connectivity index (χ2n) is 19.5. The average Bonchev–Trinajstić information content (AvgIpc) is 3.62.